The van der Waals surface area contributed by atoms with E-state index < -0.39 is 0 Å². The van der Waals surface area contributed by atoms with E-state index >= 15 is 0 Å². The van der Waals surface area contributed by atoms with Crippen molar-refractivity contribution in [1.82, 2.24) is 19.6 Å². The van der Waals surface area contributed by atoms with E-state index in [4.69, 9.17) is 5.26 Å². The van der Waals surface area contributed by atoms with E-state index in [2.05, 4.69) is 23.1 Å². The van der Waals surface area contributed by atoms with E-state index in [0.717, 1.165) is 18.7 Å². The highest BCUT2D eigenvalue weighted by molar-refractivity contribution is 5.77. The van der Waals surface area contributed by atoms with E-state index in [1.807, 2.05) is 9.58 Å². The highest BCUT2D eigenvalue weighted by Gasteiger charge is 2.27. The number of aromatic nitrogens is 2. The molecular formula is C15H21N5O. The Balaban J connectivity index is 1.62. The molecule has 21 heavy (non-hydrogen) atoms. The summed E-state index contributed by atoms with van der Waals surface area (Å²) >= 11 is 0. The van der Waals surface area contributed by atoms with Gasteiger partial charge in [0.15, 0.2) is 5.69 Å². The van der Waals surface area contributed by atoms with Crippen molar-refractivity contribution in [3.05, 3.63) is 17.5 Å². The van der Waals surface area contributed by atoms with Crippen LogP contribution in [0, 0.1) is 11.3 Å². The first-order chi connectivity index (χ1) is 10.2. The summed E-state index contributed by atoms with van der Waals surface area (Å²) in [6.45, 7) is 3.04. The van der Waals surface area contributed by atoms with Gasteiger partial charge in [-0.3, -0.25) is 9.48 Å². The third kappa shape index (κ3) is 2.93. The summed E-state index contributed by atoms with van der Waals surface area (Å²) in [5.41, 5.74) is 1.40. The number of carbonyl (C=O) groups excluding carboxylic acids is 1. The van der Waals surface area contributed by atoms with E-state index in [1.165, 1.54) is 12.8 Å². The highest BCUT2D eigenvalue weighted by atomic mass is 16.2. The number of carbonyl (C=O) groups is 1. The van der Waals surface area contributed by atoms with Crippen LogP contribution in [0.15, 0.2) is 6.07 Å². The Labute approximate surface area is 124 Å². The van der Waals surface area contributed by atoms with Crippen molar-refractivity contribution in [3.8, 4) is 6.07 Å². The molecule has 1 amide bonds. The van der Waals surface area contributed by atoms with Gasteiger partial charge in [0.05, 0.1) is 18.8 Å². The van der Waals surface area contributed by atoms with Crippen molar-refractivity contribution >= 4 is 5.91 Å². The van der Waals surface area contributed by atoms with E-state index in [-0.39, 0.29) is 5.91 Å². The van der Waals surface area contributed by atoms with Crippen LogP contribution in [-0.2, 0) is 17.9 Å². The topological polar surface area (TPSA) is 65.2 Å². The van der Waals surface area contributed by atoms with Crippen molar-refractivity contribution in [2.75, 3.05) is 20.1 Å². The molecule has 0 aliphatic carbocycles. The molecular weight excluding hydrogens is 266 g/mol. The summed E-state index contributed by atoms with van der Waals surface area (Å²) in [4.78, 5) is 16.7. The first kappa shape index (κ1) is 14.1. The number of amides is 1. The molecule has 0 radical (unpaired) electrons. The third-order valence-electron chi connectivity index (χ3n) is 4.60. The van der Waals surface area contributed by atoms with Gasteiger partial charge in [-0.15, -0.1) is 0 Å². The monoisotopic (exact) mass is 287 g/mol. The number of hydrogen-bond acceptors (Lipinski definition) is 4. The lowest BCUT2D eigenvalue weighted by molar-refractivity contribution is -0.134. The number of hydrogen-bond donors (Lipinski definition) is 0. The zero-order valence-corrected chi connectivity index (χ0v) is 12.5. The van der Waals surface area contributed by atoms with Crippen molar-refractivity contribution in [2.45, 2.75) is 44.8 Å². The fourth-order valence-corrected chi connectivity index (χ4v) is 3.27. The fourth-order valence-electron chi connectivity index (χ4n) is 3.27. The Bertz CT molecular complexity index is 573. The van der Waals surface area contributed by atoms with Crippen LogP contribution in [0.4, 0.5) is 0 Å². The fraction of sp³-hybridized carbons (Fsp3) is 0.667. The average Bonchev–Trinajstić information content (AvgIpc) is 2.91. The second kappa shape index (κ2) is 5.86. The molecule has 3 rings (SSSR count). The lowest BCUT2D eigenvalue weighted by atomic mass is 9.99. The van der Waals surface area contributed by atoms with Gasteiger partial charge >= 0.3 is 0 Å². The Hall–Kier alpha value is -1.87. The Morgan fingerprint density at radius 1 is 1.43 bits per heavy atom. The summed E-state index contributed by atoms with van der Waals surface area (Å²) in [5, 5.41) is 13.1. The first-order valence-corrected chi connectivity index (χ1v) is 7.62. The number of nitrogens with zero attached hydrogens (tertiary/aromatic N) is 5. The molecule has 0 aromatic carbocycles. The molecule has 1 fully saturated rings. The minimum absolute atomic E-state index is 0.222. The Morgan fingerprint density at radius 3 is 3.05 bits per heavy atom. The molecule has 1 aromatic rings. The first-order valence-electron chi connectivity index (χ1n) is 7.62. The summed E-state index contributed by atoms with van der Waals surface area (Å²) in [7, 11) is 2.11. The molecule has 112 valence electrons. The molecule has 1 unspecified atom stereocenters. The number of likely N-dealkylation sites (tertiary alicyclic amines) is 1. The van der Waals surface area contributed by atoms with Crippen molar-refractivity contribution in [3.63, 3.8) is 0 Å². The van der Waals surface area contributed by atoms with Gasteiger partial charge in [0.1, 0.15) is 6.07 Å². The van der Waals surface area contributed by atoms with Crippen LogP contribution >= 0.6 is 0 Å². The highest BCUT2D eigenvalue weighted by Crippen LogP contribution is 2.20. The van der Waals surface area contributed by atoms with Crippen LogP contribution in [0.2, 0.25) is 0 Å². The molecule has 0 bridgehead atoms. The Morgan fingerprint density at radius 2 is 2.29 bits per heavy atom. The standard InChI is InChI=1S/C15H21N5O/c1-18-5-3-2-4-13(18)9-15(21)19-6-7-20-14(11-19)8-12(10-16)17-20/h8,13H,2-7,9,11H2,1H3. The molecule has 6 nitrogen and oxygen atoms in total. The molecule has 6 heteroatoms. The van der Waals surface area contributed by atoms with E-state index in [0.29, 0.717) is 37.8 Å². The molecule has 0 saturated carbocycles. The van der Waals surface area contributed by atoms with Crippen LogP contribution in [0.25, 0.3) is 0 Å². The minimum Gasteiger partial charge on any atom is -0.335 e. The normalized spacial score (nSPS) is 22.7. The zero-order chi connectivity index (χ0) is 14.8. The van der Waals surface area contributed by atoms with Gasteiger partial charge in [0.25, 0.3) is 0 Å². The predicted molar refractivity (Wildman–Crippen MR) is 77.2 cm³/mol. The van der Waals surface area contributed by atoms with Crippen LogP contribution < -0.4 is 0 Å². The predicted octanol–water partition coefficient (Wildman–Crippen LogP) is 0.971. The molecule has 0 N–H and O–H groups in total. The van der Waals surface area contributed by atoms with Gasteiger partial charge in [0, 0.05) is 19.0 Å². The van der Waals surface area contributed by atoms with Crippen LogP contribution in [-0.4, -0.2) is 51.7 Å². The molecule has 1 atom stereocenters. The minimum atomic E-state index is 0.222. The van der Waals surface area contributed by atoms with Crippen LogP contribution in [0.3, 0.4) is 0 Å². The maximum absolute atomic E-state index is 12.5. The van der Waals surface area contributed by atoms with Crippen molar-refractivity contribution in [1.29, 1.82) is 5.26 Å². The largest absolute Gasteiger partial charge is 0.335 e. The number of piperidine rings is 1. The van der Waals surface area contributed by atoms with Gasteiger partial charge < -0.3 is 9.80 Å². The van der Waals surface area contributed by atoms with E-state index in [1.54, 1.807) is 6.07 Å². The summed E-state index contributed by atoms with van der Waals surface area (Å²) in [6, 6.07) is 4.22. The molecule has 2 aliphatic heterocycles. The number of fused-ring (bicyclic) bond motifs is 1. The average molecular weight is 287 g/mol. The van der Waals surface area contributed by atoms with Gasteiger partial charge in [-0.05, 0) is 32.5 Å². The van der Waals surface area contributed by atoms with Crippen molar-refractivity contribution in [2.24, 2.45) is 0 Å². The summed E-state index contributed by atoms with van der Waals surface area (Å²) in [5.74, 6) is 0.222. The molecule has 2 aliphatic rings. The Kier molecular flexibility index (Phi) is 3.93. The van der Waals surface area contributed by atoms with Gasteiger partial charge in [-0.1, -0.05) is 6.42 Å². The molecule has 3 heterocycles. The van der Waals surface area contributed by atoms with Crippen LogP contribution in [0.1, 0.15) is 37.1 Å². The zero-order valence-electron chi connectivity index (χ0n) is 12.5. The molecule has 1 saturated heterocycles. The number of rotatable bonds is 2. The summed E-state index contributed by atoms with van der Waals surface area (Å²) < 4.78 is 1.84. The smallest absolute Gasteiger partial charge is 0.224 e. The number of nitriles is 1. The second-order valence-electron chi connectivity index (χ2n) is 6.01. The van der Waals surface area contributed by atoms with Gasteiger partial charge in [-0.25, -0.2) is 0 Å². The third-order valence-corrected chi connectivity index (χ3v) is 4.60. The quantitative estimate of drug-likeness (QED) is 0.813. The van der Waals surface area contributed by atoms with Crippen molar-refractivity contribution < 1.29 is 4.79 Å². The SMILES string of the molecule is CN1CCCCC1CC(=O)N1CCn2nc(C#N)cc2C1. The van der Waals surface area contributed by atoms with E-state index in [9.17, 15) is 4.79 Å². The second-order valence-corrected chi connectivity index (χ2v) is 6.01. The molecule has 1 aromatic heterocycles. The maximum atomic E-state index is 12.5. The van der Waals surface area contributed by atoms with Gasteiger partial charge in [-0.2, -0.15) is 10.4 Å². The maximum Gasteiger partial charge on any atom is 0.224 e. The van der Waals surface area contributed by atoms with Crippen LogP contribution in [0.5, 0.6) is 0 Å². The lowest BCUT2D eigenvalue weighted by Gasteiger charge is -2.34. The summed E-state index contributed by atoms with van der Waals surface area (Å²) in [6.07, 6.45) is 4.18. The van der Waals surface area contributed by atoms with Gasteiger partial charge in [0.2, 0.25) is 5.91 Å². The molecule has 0 spiro atoms. The lowest BCUT2D eigenvalue weighted by Crippen LogP contribution is -2.43.